The fraction of sp³-hybridized carbons (Fsp3) is 0.111. The van der Waals surface area contributed by atoms with Gasteiger partial charge in [-0.2, -0.15) is 0 Å². The van der Waals surface area contributed by atoms with Crippen molar-refractivity contribution in [3.63, 3.8) is 0 Å². The Bertz CT molecular complexity index is 773. The summed E-state index contributed by atoms with van der Waals surface area (Å²) in [6.45, 7) is 1.97. The fourth-order valence-corrected chi connectivity index (χ4v) is 2.59. The van der Waals surface area contributed by atoms with E-state index >= 15 is 0 Å². The third-order valence-electron chi connectivity index (χ3n) is 3.24. The summed E-state index contributed by atoms with van der Waals surface area (Å²) in [4.78, 5) is 8.82. The highest BCUT2D eigenvalue weighted by molar-refractivity contribution is 7.98. The quantitative estimate of drug-likeness (QED) is 0.512. The Balaban J connectivity index is 1.71. The normalized spacial score (nSPS) is 10.3. The molecule has 5 heteroatoms. The highest BCUT2D eigenvalue weighted by Crippen LogP contribution is 2.22. The third-order valence-corrected chi connectivity index (χ3v) is 3.78. The molecule has 0 radical (unpaired) electrons. The first-order valence-corrected chi connectivity index (χ1v) is 8.54. The first-order valence-electron chi connectivity index (χ1n) is 7.32. The molecule has 2 N–H and O–H groups in total. The predicted octanol–water partition coefficient (Wildman–Crippen LogP) is 4.99. The molecule has 23 heavy (non-hydrogen) atoms. The van der Waals surface area contributed by atoms with Gasteiger partial charge in [-0.3, -0.25) is 0 Å². The Labute approximate surface area is 140 Å². The van der Waals surface area contributed by atoms with Gasteiger partial charge in [-0.1, -0.05) is 30.0 Å². The van der Waals surface area contributed by atoms with Crippen LogP contribution in [0.25, 0.3) is 0 Å². The van der Waals surface area contributed by atoms with Crippen LogP contribution in [0.5, 0.6) is 0 Å². The zero-order valence-electron chi connectivity index (χ0n) is 13.1. The van der Waals surface area contributed by atoms with Gasteiger partial charge in [-0.05, 0) is 49.6 Å². The lowest BCUT2D eigenvalue weighted by Crippen LogP contribution is -1.98. The topological polar surface area (TPSA) is 49.8 Å². The minimum absolute atomic E-state index is 0.773. The molecule has 0 aliphatic heterocycles. The van der Waals surface area contributed by atoms with Crippen molar-refractivity contribution in [2.45, 2.75) is 12.1 Å². The van der Waals surface area contributed by atoms with Crippen molar-refractivity contribution in [1.82, 2.24) is 9.97 Å². The summed E-state index contributed by atoms with van der Waals surface area (Å²) in [5.74, 6) is 0.811. The molecule has 0 fully saturated rings. The highest BCUT2D eigenvalue weighted by Gasteiger charge is 2.02. The maximum Gasteiger partial charge on any atom is 0.189 e. The molecule has 116 valence electrons. The summed E-state index contributed by atoms with van der Waals surface area (Å²) in [6, 6.07) is 20.2. The SMILES string of the molecule is CSc1nc(C)cc(Nc2ccc(Nc3ccccc3)cc2)n1. The highest BCUT2D eigenvalue weighted by atomic mass is 32.2. The molecule has 0 saturated carbocycles. The van der Waals surface area contributed by atoms with E-state index in [4.69, 9.17) is 0 Å². The van der Waals surface area contributed by atoms with Crippen molar-refractivity contribution in [3.05, 3.63) is 66.4 Å². The van der Waals surface area contributed by atoms with E-state index in [2.05, 4.69) is 20.6 Å². The molecule has 1 aromatic heterocycles. The second-order valence-corrected chi connectivity index (χ2v) is 5.85. The van der Waals surface area contributed by atoms with Gasteiger partial charge >= 0.3 is 0 Å². The van der Waals surface area contributed by atoms with Crippen molar-refractivity contribution in [2.24, 2.45) is 0 Å². The van der Waals surface area contributed by atoms with E-state index in [9.17, 15) is 0 Å². The Hall–Kier alpha value is -2.53. The van der Waals surface area contributed by atoms with Crippen LogP contribution in [0.4, 0.5) is 22.9 Å². The average Bonchev–Trinajstić information content (AvgIpc) is 2.57. The maximum atomic E-state index is 4.46. The number of hydrogen-bond acceptors (Lipinski definition) is 5. The molecule has 0 aliphatic carbocycles. The van der Waals surface area contributed by atoms with E-state index in [1.807, 2.05) is 73.8 Å². The van der Waals surface area contributed by atoms with Crippen LogP contribution in [0.3, 0.4) is 0 Å². The maximum absolute atomic E-state index is 4.46. The van der Waals surface area contributed by atoms with Crippen molar-refractivity contribution in [2.75, 3.05) is 16.9 Å². The lowest BCUT2D eigenvalue weighted by Gasteiger charge is -2.10. The van der Waals surface area contributed by atoms with Gasteiger partial charge in [-0.25, -0.2) is 9.97 Å². The van der Waals surface area contributed by atoms with Crippen LogP contribution in [0, 0.1) is 6.92 Å². The minimum atomic E-state index is 0.773. The molecule has 0 saturated heterocycles. The van der Waals surface area contributed by atoms with Gasteiger partial charge in [0.05, 0.1) is 0 Å². The molecule has 0 spiro atoms. The first kappa shape index (κ1) is 15.4. The van der Waals surface area contributed by atoms with E-state index in [1.165, 1.54) is 11.8 Å². The van der Waals surface area contributed by atoms with Crippen molar-refractivity contribution >= 4 is 34.6 Å². The van der Waals surface area contributed by atoms with E-state index in [-0.39, 0.29) is 0 Å². The van der Waals surface area contributed by atoms with Crippen molar-refractivity contribution < 1.29 is 0 Å². The van der Waals surface area contributed by atoms with E-state index in [0.29, 0.717) is 0 Å². The first-order chi connectivity index (χ1) is 11.2. The second-order valence-electron chi connectivity index (χ2n) is 5.07. The largest absolute Gasteiger partial charge is 0.356 e. The van der Waals surface area contributed by atoms with Crippen LogP contribution in [-0.2, 0) is 0 Å². The molecule has 3 rings (SSSR count). The zero-order valence-corrected chi connectivity index (χ0v) is 13.9. The number of thioether (sulfide) groups is 1. The summed E-state index contributed by atoms with van der Waals surface area (Å²) >= 11 is 1.54. The van der Waals surface area contributed by atoms with Gasteiger partial charge in [0.25, 0.3) is 0 Å². The van der Waals surface area contributed by atoms with Gasteiger partial charge in [0.1, 0.15) is 5.82 Å². The van der Waals surface area contributed by atoms with Gasteiger partial charge in [-0.15, -0.1) is 0 Å². The van der Waals surface area contributed by atoms with E-state index in [1.54, 1.807) is 0 Å². The standard InChI is InChI=1S/C18H18N4S/c1-13-12-17(22-18(19-13)23-2)21-16-10-8-15(9-11-16)20-14-6-4-3-5-7-14/h3-12,20H,1-2H3,(H,19,21,22). The number of nitrogens with one attached hydrogen (secondary N) is 2. The van der Waals surface area contributed by atoms with Crippen LogP contribution in [0.15, 0.2) is 65.8 Å². The summed E-state index contributed by atoms with van der Waals surface area (Å²) < 4.78 is 0. The Morgan fingerprint density at radius 1 is 0.783 bits per heavy atom. The zero-order chi connectivity index (χ0) is 16.1. The van der Waals surface area contributed by atoms with Crippen molar-refractivity contribution in [1.29, 1.82) is 0 Å². The molecule has 0 amide bonds. The molecule has 4 nitrogen and oxygen atoms in total. The third kappa shape index (κ3) is 4.23. The minimum Gasteiger partial charge on any atom is -0.356 e. The van der Waals surface area contributed by atoms with Crippen LogP contribution < -0.4 is 10.6 Å². The number of rotatable bonds is 5. The number of aryl methyl sites for hydroxylation is 1. The predicted molar refractivity (Wildman–Crippen MR) is 98.0 cm³/mol. The molecular weight excluding hydrogens is 304 g/mol. The van der Waals surface area contributed by atoms with E-state index < -0.39 is 0 Å². The monoisotopic (exact) mass is 322 g/mol. The summed E-state index contributed by atoms with van der Waals surface area (Å²) in [5.41, 5.74) is 4.07. The van der Waals surface area contributed by atoms with Gasteiger partial charge in [0.15, 0.2) is 5.16 Å². The van der Waals surface area contributed by atoms with Crippen LogP contribution in [0.2, 0.25) is 0 Å². The number of anilines is 4. The summed E-state index contributed by atoms with van der Waals surface area (Å²) in [6.07, 6.45) is 1.97. The Kier molecular flexibility index (Phi) is 4.78. The molecular formula is C18H18N4S. The fourth-order valence-electron chi connectivity index (χ4n) is 2.17. The van der Waals surface area contributed by atoms with Crippen LogP contribution in [0.1, 0.15) is 5.69 Å². The molecule has 3 aromatic rings. The smallest absolute Gasteiger partial charge is 0.189 e. The Morgan fingerprint density at radius 2 is 1.39 bits per heavy atom. The molecule has 1 heterocycles. The van der Waals surface area contributed by atoms with E-state index in [0.717, 1.165) is 33.7 Å². The number of aromatic nitrogens is 2. The number of nitrogens with zero attached hydrogens (tertiary/aromatic N) is 2. The lowest BCUT2D eigenvalue weighted by molar-refractivity contribution is 0.940. The molecule has 2 aromatic carbocycles. The summed E-state index contributed by atoms with van der Waals surface area (Å²) in [7, 11) is 0. The Morgan fingerprint density at radius 3 is 2.04 bits per heavy atom. The summed E-state index contributed by atoms with van der Waals surface area (Å²) in [5, 5.41) is 7.46. The molecule has 0 atom stereocenters. The number of benzene rings is 2. The van der Waals surface area contributed by atoms with Crippen LogP contribution >= 0.6 is 11.8 Å². The van der Waals surface area contributed by atoms with Crippen LogP contribution in [-0.4, -0.2) is 16.2 Å². The molecule has 0 bridgehead atoms. The van der Waals surface area contributed by atoms with Gasteiger partial charge < -0.3 is 10.6 Å². The average molecular weight is 322 g/mol. The molecule has 0 unspecified atom stereocenters. The van der Waals surface area contributed by atoms with Crippen molar-refractivity contribution in [3.8, 4) is 0 Å². The second kappa shape index (κ2) is 7.15. The lowest BCUT2D eigenvalue weighted by atomic mass is 10.2. The molecule has 0 aliphatic rings. The van der Waals surface area contributed by atoms with Gasteiger partial charge in [0, 0.05) is 28.8 Å². The number of hydrogen-bond donors (Lipinski definition) is 2. The van der Waals surface area contributed by atoms with Gasteiger partial charge in [0.2, 0.25) is 0 Å². The number of para-hydroxylation sites is 1.